The Hall–Kier alpha value is -2.61. The molecule has 0 aliphatic rings. The van der Waals surface area contributed by atoms with E-state index in [1.165, 1.54) is 0 Å². The van der Waals surface area contributed by atoms with Crippen LogP contribution in [0.25, 0.3) is 0 Å². The molecule has 19 heavy (non-hydrogen) atoms. The average Bonchev–Trinajstić information content (AvgIpc) is 2.40. The van der Waals surface area contributed by atoms with Gasteiger partial charge in [-0.2, -0.15) is 10.2 Å². The van der Waals surface area contributed by atoms with E-state index in [2.05, 4.69) is 16.0 Å². The lowest BCUT2D eigenvalue weighted by atomic mass is 10.2. The summed E-state index contributed by atoms with van der Waals surface area (Å²) in [7, 11) is 0. The summed E-state index contributed by atoms with van der Waals surface area (Å²) in [4.78, 5) is 8.32. The molecule has 0 spiro atoms. The third kappa shape index (κ3) is 3.42. The van der Waals surface area contributed by atoms with Crippen LogP contribution in [0.3, 0.4) is 0 Å². The van der Waals surface area contributed by atoms with Gasteiger partial charge in [0.25, 0.3) is 0 Å². The summed E-state index contributed by atoms with van der Waals surface area (Å²) in [6, 6.07) is 11.0. The maximum Gasteiger partial charge on any atom is 0.224 e. The Bertz CT molecular complexity index is 602. The average molecular weight is 254 g/mol. The van der Waals surface area contributed by atoms with Crippen molar-refractivity contribution in [1.82, 2.24) is 9.97 Å². The zero-order valence-electron chi connectivity index (χ0n) is 10.6. The molecule has 2 aromatic rings. The minimum atomic E-state index is 0.390. The summed E-state index contributed by atoms with van der Waals surface area (Å²) in [5, 5.41) is 8.60. The fraction of sp³-hybridized carbons (Fsp3) is 0.214. The maximum atomic E-state index is 8.60. The number of hydrogen-bond donors (Lipinski definition) is 1. The Kier molecular flexibility index (Phi) is 3.94. The largest absolute Gasteiger partial charge is 0.439 e. The molecule has 2 N–H and O–H groups in total. The van der Waals surface area contributed by atoms with Crippen LogP contribution in [0.4, 0.5) is 5.82 Å². The zero-order chi connectivity index (χ0) is 13.7. The van der Waals surface area contributed by atoms with Gasteiger partial charge in [0.1, 0.15) is 17.4 Å². The number of anilines is 1. The van der Waals surface area contributed by atoms with Gasteiger partial charge in [-0.05, 0) is 17.7 Å². The molecule has 0 fully saturated rings. The zero-order valence-corrected chi connectivity index (χ0v) is 10.6. The number of rotatable bonds is 4. The van der Waals surface area contributed by atoms with Crippen molar-refractivity contribution < 1.29 is 4.74 Å². The molecule has 2 rings (SSSR count). The Balaban J connectivity index is 2.16. The standard InChI is InChI=1S/C14H14N4O/c1-2-13-17-12(16)9-14(18-13)19-11-5-3-10(4-6-11)7-8-15/h3-6,9H,2,7H2,1H3,(H2,16,17,18). The summed E-state index contributed by atoms with van der Waals surface area (Å²) in [5.74, 6) is 2.12. The number of nitrogens with two attached hydrogens (primary N) is 1. The molecule has 0 aliphatic carbocycles. The Labute approximate surface area is 111 Å². The second-order valence-electron chi connectivity index (χ2n) is 3.98. The van der Waals surface area contributed by atoms with Crippen molar-refractivity contribution in [3.05, 3.63) is 41.7 Å². The molecule has 1 aromatic carbocycles. The molecule has 96 valence electrons. The molecule has 5 heteroatoms. The lowest BCUT2D eigenvalue weighted by molar-refractivity contribution is 0.459. The van der Waals surface area contributed by atoms with Crippen molar-refractivity contribution in [2.75, 3.05) is 5.73 Å². The summed E-state index contributed by atoms with van der Waals surface area (Å²) in [5.41, 5.74) is 6.64. The predicted molar refractivity (Wildman–Crippen MR) is 71.7 cm³/mol. The van der Waals surface area contributed by atoms with Crippen LogP contribution in [0, 0.1) is 11.3 Å². The highest BCUT2D eigenvalue weighted by Gasteiger charge is 2.04. The van der Waals surface area contributed by atoms with E-state index in [1.54, 1.807) is 18.2 Å². The number of hydrogen-bond acceptors (Lipinski definition) is 5. The van der Waals surface area contributed by atoms with E-state index in [0.29, 0.717) is 36.1 Å². The smallest absolute Gasteiger partial charge is 0.224 e. The van der Waals surface area contributed by atoms with Crippen LogP contribution in [0.5, 0.6) is 11.6 Å². The highest BCUT2D eigenvalue weighted by atomic mass is 16.5. The van der Waals surface area contributed by atoms with Gasteiger partial charge in [-0.25, -0.2) is 4.98 Å². The molecule has 0 amide bonds. The molecule has 0 aliphatic heterocycles. The second-order valence-corrected chi connectivity index (χ2v) is 3.98. The van der Waals surface area contributed by atoms with Gasteiger partial charge in [-0.15, -0.1) is 0 Å². The molecular formula is C14H14N4O. The first-order valence-corrected chi connectivity index (χ1v) is 5.98. The van der Waals surface area contributed by atoms with Crippen LogP contribution in [-0.4, -0.2) is 9.97 Å². The van der Waals surface area contributed by atoms with Gasteiger partial charge in [0.05, 0.1) is 12.5 Å². The number of nitrogen functional groups attached to an aromatic ring is 1. The minimum absolute atomic E-state index is 0.390. The van der Waals surface area contributed by atoms with Crippen LogP contribution in [0.2, 0.25) is 0 Å². The number of ether oxygens (including phenoxy) is 1. The topological polar surface area (TPSA) is 84.8 Å². The lowest BCUT2D eigenvalue weighted by Crippen LogP contribution is -2.00. The van der Waals surface area contributed by atoms with E-state index in [4.69, 9.17) is 15.7 Å². The van der Waals surface area contributed by atoms with E-state index >= 15 is 0 Å². The minimum Gasteiger partial charge on any atom is -0.439 e. The summed E-state index contributed by atoms with van der Waals surface area (Å²) >= 11 is 0. The molecule has 0 saturated carbocycles. The fourth-order valence-electron chi connectivity index (χ4n) is 1.59. The van der Waals surface area contributed by atoms with Gasteiger partial charge >= 0.3 is 0 Å². The summed E-state index contributed by atoms with van der Waals surface area (Å²) in [6.07, 6.45) is 1.09. The van der Waals surface area contributed by atoms with Crippen molar-refractivity contribution in [2.45, 2.75) is 19.8 Å². The van der Waals surface area contributed by atoms with Crippen molar-refractivity contribution in [3.8, 4) is 17.7 Å². The molecule has 5 nitrogen and oxygen atoms in total. The van der Waals surface area contributed by atoms with Crippen LogP contribution in [0.1, 0.15) is 18.3 Å². The quantitative estimate of drug-likeness (QED) is 0.905. The van der Waals surface area contributed by atoms with Gasteiger partial charge in [-0.3, -0.25) is 0 Å². The van der Waals surface area contributed by atoms with Crippen molar-refractivity contribution in [1.29, 1.82) is 5.26 Å². The molecule has 0 radical (unpaired) electrons. The second kappa shape index (κ2) is 5.83. The highest BCUT2D eigenvalue weighted by Crippen LogP contribution is 2.21. The first-order valence-electron chi connectivity index (χ1n) is 5.98. The van der Waals surface area contributed by atoms with Gasteiger partial charge in [0.15, 0.2) is 0 Å². The van der Waals surface area contributed by atoms with Crippen LogP contribution < -0.4 is 10.5 Å². The summed E-state index contributed by atoms with van der Waals surface area (Å²) < 4.78 is 5.62. The molecule has 0 bridgehead atoms. The van der Waals surface area contributed by atoms with Gasteiger partial charge in [0.2, 0.25) is 5.88 Å². The fourth-order valence-corrected chi connectivity index (χ4v) is 1.59. The highest BCUT2D eigenvalue weighted by molar-refractivity contribution is 5.36. The van der Waals surface area contributed by atoms with Gasteiger partial charge in [-0.1, -0.05) is 19.1 Å². The number of nitriles is 1. The third-order valence-corrected chi connectivity index (χ3v) is 2.51. The number of nitrogens with zero attached hydrogens (tertiary/aromatic N) is 3. The number of aromatic nitrogens is 2. The van der Waals surface area contributed by atoms with Gasteiger partial charge < -0.3 is 10.5 Å². The maximum absolute atomic E-state index is 8.60. The molecule has 0 unspecified atom stereocenters. The SMILES string of the molecule is CCc1nc(N)cc(Oc2ccc(CC#N)cc2)n1. The Morgan fingerprint density at radius 3 is 2.63 bits per heavy atom. The van der Waals surface area contributed by atoms with Gasteiger partial charge in [0, 0.05) is 12.5 Å². The molecule has 0 saturated heterocycles. The van der Waals surface area contributed by atoms with Crippen LogP contribution >= 0.6 is 0 Å². The van der Waals surface area contributed by atoms with E-state index in [0.717, 1.165) is 5.56 Å². The molecular weight excluding hydrogens is 240 g/mol. The molecule has 1 heterocycles. The molecule has 1 aromatic heterocycles. The Morgan fingerprint density at radius 2 is 2.00 bits per heavy atom. The van der Waals surface area contributed by atoms with E-state index in [1.807, 2.05) is 19.1 Å². The lowest BCUT2D eigenvalue weighted by Gasteiger charge is -2.07. The number of benzene rings is 1. The van der Waals surface area contributed by atoms with E-state index in [-0.39, 0.29) is 0 Å². The normalized spacial score (nSPS) is 9.89. The molecule has 0 atom stereocenters. The van der Waals surface area contributed by atoms with E-state index < -0.39 is 0 Å². The first kappa shape index (κ1) is 12.8. The number of aryl methyl sites for hydroxylation is 1. The van der Waals surface area contributed by atoms with Crippen molar-refractivity contribution in [3.63, 3.8) is 0 Å². The first-order chi connectivity index (χ1) is 9.21. The summed E-state index contributed by atoms with van der Waals surface area (Å²) in [6.45, 7) is 1.95. The van der Waals surface area contributed by atoms with Crippen molar-refractivity contribution in [2.24, 2.45) is 0 Å². The Morgan fingerprint density at radius 1 is 1.26 bits per heavy atom. The monoisotopic (exact) mass is 254 g/mol. The predicted octanol–water partition coefficient (Wildman–Crippen LogP) is 2.48. The van der Waals surface area contributed by atoms with Crippen LogP contribution in [-0.2, 0) is 12.8 Å². The van der Waals surface area contributed by atoms with Crippen LogP contribution in [0.15, 0.2) is 30.3 Å². The van der Waals surface area contributed by atoms with Crippen molar-refractivity contribution >= 4 is 5.82 Å². The third-order valence-electron chi connectivity index (χ3n) is 2.51. The van der Waals surface area contributed by atoms with E-state index in [9.17, 15) is 0 Å².